The normalized spacial score (nSPS) is 17.0. The molecule has 0 atom stereocenters. The van der Waals surface area contributed by atoms with Crippen LogP contribution in [0.4, 0.5) is 4.79 Å². The third-order valence-corrected chi connectivity index (χ3v) is 3.42. The minimum atomic E-state index is -0.126. The van der Waals surface area contributed by atoms with Gasteiger partial charge in [0.1, 0.15) is 0 Å². The number of hydrogen-bond acceptors (Lipinski definition) is 1. The molecule has 0 radical (unpaired) electrons. The number of rotatable bonds is 4. The molecule has 1 saturated carbocycles. The van der Waals surface area contributed by atoms with Crippen molar-refractivity contribution in [3.05, 3.63) is 35.9 Å². The van der Waals surface area contributed by atoms with E-state index in [1.165, 1.54) is 12.0 Å². The Kier molecular flexibility index (Phi) is 3.67. The van der Waals surface area contributed by atoms with Gasteiger partial charge in [-0.05, 0) is 31.2 Å². The fraction of sp³-hybridized carbons (Fsp3) is 0.500. The molecule has 0 aromatic heterocycles. The largest absolute Gasteiger partial charge is 0.338 e. The molecular formula is C14H20N2O. The van der Waals surface area contributed by atoms with Crippen molar-refractivity contribution >= 4 is 6.03 Å². The minimum Gasteiger partial charge on any atom is -0.338 e. The highest BCUT2D eigenvalue weighted by atomic mass is 16.2. The molecule has 1 aliphatic carbocycles. The molecule has 1 aromatic rings. The standard InChI is InChI=1S/C14H20N2O/c1-2-11-15-13(17)16-14(9-6-10-14)12-7-4-3-5-8-12/h3-5,7-8H,2,6,9-11H2,1H3,(H2,15,16,17). The average Bonchev–Trinajstić information content (AvgIpc) is 2.32. The van der Waals surface area contributed by atoms with Gasteiger partial charge in [-0.15, -0.1) is 0 Å². The number of urea groups is 1. The summed E-state index contributed by atoms with van der Waals surface area (Å²) in [5, 5.41) is 6.01. The maximum absolute atomic E-state index is 11.8. The molecule has 0 unspecified atom stereocenters. The number of hydrogen-bond donors (Lipinski definition) is 2. The Morgan fingerprint density at radius 2 is 2.00 bits per heavy atom. The van der Waals surface area contributed by atoms with Crippen LogP contribution in [0.1, 0.15) is 38.2 Å². The molecule has 0 saturated heterocycles. The summed E-state index contributed by atoms with van der Waals surface area (Å²) in [7, 11) is 0. The first-order chi connectivity index (χ1) is 8.27. The Balaban J connectivity index is 2.03. The van der Waals surface area contributed by atoms with Crippen LogP contribution in [-0.2, 0) is 5.54 Å². The smallest absolute Gasteiger partial charge is 0.315 e. The molecule has 3 heteroatoms. The third-order valence-electron chi connectivity index (χ3n) is 3.42. The molecule has 17 heavy (non-hydrogen) atoms. The first-order valence-corrected chi connectivity index (χ1v) is 6.38. The van der Waals surface area contributed by atoms with Crippen molar-refractivity contribution < 1.29 is 4.79 Å². The lowest BCUT2D eigenvalue weighted by Gasteiger charge is -2.43. The second-order valence-electron chi connectivity index (χ2n) is 4.68. The summed E-state index contributed by atoms with van der Waals surface area (Å²) in [6, 6.07) is 10.2. The highest BCUT2D eigenvalue weighted by molar-refractivity contribution is 5.75. The van der Waals surface area contributed by atoms with Crippen LogP contribution in [0.15, 0.2) is 30.3 Å². The lowest BCUT2D eigenvalue weighted by molar-refractivity contribution is 0.177. The summed E-state index contributed by atoms with van der Waals surface area (Å²) in [5.41, 5.74) is 1.09. The van der Waals surface area contributed by atoms with E-state index in [9.17, 15) is 4.79 Å². The van der Waals surface area contributed by atoms with Crippen LogP contribution in [0.2, 0.25) is 0 Å². The molecule has 0 aliphatic heterocycles. The lowest BCUT2D eigenvalue weighted by atomic mass is 9.72. The first-order valence-electron chi connectivity index (χ1n) is 6.38. The van der Waals surface area contributed by atoms with Gasteiger partial charge in [-0.3, -0.25) is 0 Å². The van der Waals surface area contributed by atoms with Crippen molar-refractivity contribution in [1.82, 2.24) is 10.6 Å². The van der Waals surface area contributed by atoms with Crippen molar-refractivity contribution in [3.8, 4) is 0 Å². The zero-order chi connectivity index (χ0) is 12.1. The van der Waals surface area contributed by atoms with Crippen molar-refractivity contribution in [1.29, 1.82) is 0 Å². The van der Waals surface area contributed by atoms with Gasteiger partial charge in [0.05, 0.1) is 5.54 Å². The van der Waals surface area contributed by atoms with Gasteiger partial charge in [-0.25, -0.2) is 4.79 Å². The summed E-state index contributed by atoms with van der Waals surface area (Å²) in [5.74, 6) is 0. The molecule has 1 fully saturated rings. The topological polar surface area (TPSA) is 41.1 Å². The Bertz CT molecular complexity index is 371. The van der Waals surface area contributed by atoms with Gasteiger partial charge < -0.3 is 10.6 Å². The van der Waals surface area contributed by atoms with E-state index < -0.39 is 0 Å². The van der Waals surface area contributed by atoms with E-state index in [2.05, 4.69) is 29.7 Å². The van der Waals surface area contributed by atoms with Gasteiger partial charge >= 0.3 is 6.03 Å². The van der Waals surface area contributed by atoms with E-state index in [-0.39, 0.29) is 11.6 Å². The molecule has 2 N–H and O–H groups in total. The third kappa shape index (κ3) is 2.60. The Hall–Kier alpha value is -1.51. The summed E-state index contributed by atoms with van der Waals surface area (Å²) in [6.45, 7) is 2.79. The SMILES string of the molecule is CCCNC(=O)NC1(c2ccccc2)CCC1. The van der Waals surface area contributed by atoms with Crippen LogP contribution < -0.4 is 10.6 Å². The van der Waals surface area contributed by atoms with E-state index in [0.717, 1.165) is 25.8 Å². The second-order valence-corrected chi connectivity index (χ2v) is 4.68. The molecule has 2 amide bonds. The minimum absolute atomic E-state index is 0.0459. The fourth-order valence-corrected chi connectivity index (χ4v) is 2.27. The van der Waals surface area contributed by atoms with Crippen molar-refractivity contribution in [2.75, 3.05) is 6.54 Å². The molecular weight excluding hydrogens is 212 g/mol. The lowest BCUT2D eigenvalue weighted by Crippen LogP contribution is -2.54. The van der Waals surface area contributed by atoms with Crippen LogP contribution in [0.3, 0.4) is 0 Å². The zero-order valence-corrected chi connectivity index (χ0v) is 10.3. The molecule has 0 bridgehead atoms. The van der Waals surface area contributed by atoms with Gasteiger partial charge in [-0.2, -0.15) is 0 Å². The predicted octanol–water partition coefficient (Wildman–Crippen LogP) is 2.78. The van der Waals surface area contributed by atoms with E-state index in [4.69, 9.17) is 0 Å². The Morgan fingerprint density at radius 3 is 2.53 bits per heavy atom. The highest BCUT2D eigenvalue weighted by Gasteiger charge is 2.39. The van der Waals surface area contributed by atoms with Gasteiger partial charge in [0.25, 0.3) is 0 Å². The maximum Gasteiger partial charge on any atom is 0.315 e. The summed E-state index contributed by atoms with van der Waals surface area (Å²) in [6.07, 6.45) is 4.22. The van der Waals surface area contributed by atoms with Crippen LogP contribution in [0.25, 0.3) is 0 Å². The second kappa shape index (κ2) is 5.21. The van der Waals surface area contributed by atoms with Crippen molar-refractivity contribution in [2.45, 2.75) is 38.1 Å². The summed E-state index contributed by atoms with van der Waals surface area (Å²) < 4.78 is 0. The molecule has 0 heterocycles. The molecule has 92 valence electrons. The number of nitrogens with one attached hydrogen (secondary N) is 2. The highest BCUT2D eigenvalue weighted by Crippen LogP contribution is 2.40. The average molecular weight is 232 g/mol. The van der Waals surface area contributed by atoms with Gasteiger partial charge in [-0.1, -0.05) is 37.3 Å². The first kappa shape index (κ1) is 12.0. The summed E-state index contributed by atoms with van der Waals surface area (Å²) in [4.78, 5) is 11.8. The maximum atomic E-state index is 11.8. The van der Waals surface area contributed by atoms with Crippen LogP contribution in [0.5, 0.6) is 0 Å². The number of benzene rings is 1. The summed E-state index contributed by atoms with van der Waals surface area (Å²) >= 11 is 0. The monoisotopic (exact) mass is 232 g/mol. The zero-order valence-electron chi connectivity index (χ0n) is 10.3. The van der Waals surface area contributed by atoms with Crippen LogP contribution in [-0.4, -0.2) is 12.6 Å². The Morgan fingerprint density at radius 1 is 1.29 bits per heavy atom. The predicted molar refractivity (Wildman–Crippen MR) is 68.8 cm³/mol. The van der Waals surface area contributed by atoms with E-state index in [0.29, 0.717) is 0 Å². The fourth-order valence-electron chi connectivity index (χ4n) is 2.27. The molecule has 1 aliphatic rings. The van der Waals surface area contributed by atoms with E-state index >= 15 is 0 Å². The quantitative estimate of drug-likeness (QED) is 0.823. The van der Waals surface area contributed by atoms with Crippen molar-refractivity contribution in [3.63, 3.8) is 0 Å². The van der Waals surface area contributed by atoms with Crippen molar-refractivity contribution in [2.24, 2.45) is 0 Å². The molecule has 3 nitrogen and oxygen atoms in total. The van der Waals surface area contributed by atoms with E-state index in [1.807, 2.05) is 18.2 Å². The molecule has 2 rings (SSSR count). The van der Waals surface area contributed by atoms with Crippen LogP contribution in [0, 0.1) is 0 Å². The number of carbonyl (C=O) groups is 1. The van der Waals surface area contributed by atoms with E-state index in [1.54, 1.807) is 0 Å². The number of carbonyl (C=O) groups excluding carboxylic acids is 1. The molecule has 0 spiro atoms. The number of amides is 2. The van der Waals surface area contributed by atoms with Gasteiger partial charge in [0.2, 0.25) is 0 Å². The Labute approximate surface area is 103 Å². The van der Waals surface area contributed by atoms with Crippen LogP contribution >= 0.6 is 0 Å². The van der Waals surface area contributed by atoms with Gasteiger partial charge in [0.15, 0.2) is 0 Å². The van der Waals surface area contributed by atoms with Gasteiger partial charge in [0, 0.05) is 6.54 Å². The molecule has 1 aromatic carbocycles.